The second kappa shape index (κ2) is 7.89. The third kappa shape index (κ3) is 3.64. The Morgan fingerprint density at radius 2 is 1.70 bits per heavy atom. The van der Waals surface area contributed by atoms with E-state index in [2.05, 4.69) is 39.8 Å². The summed E-state index contributed by atoms with van der Waals surface area (Å²) in [5, 5.41) is 11.1. The number of aryl methyl sites for hydroxylation is 2. The normalized spacial score (nSPS) is 11.7. The molecule has 0 bridgehead atoms. The molecule has 0 spiro atoms. The van der Waals surface area contributed by atoms with Crippen molar-refractivity contribution in [3.05, 3.63) is 73.7 Å². The molecule has 4 nitrogen and oxygen atoms in total. The molecule has 0 amide bonds. The third-order valence-electron chi connectivity index (χ3n) is 5.32. The van der Waals surface area contributed by atoms with Crippen molar-refractivity contribution in [3.63, 3.8) is 0 Å². The van der Waals surface area contributed by atoms with Gasteiger partial charge in [0.2, 0.25) is 5.89 Å². The molecule has 0 saturated carbocycles. The first kappa shape index (κ1) is 20.6. The lowest BCUT2D eigenvalue weighted by Gasteiger charge is -2.11. The van der Waals surface area contributed by atoms with Crippen molar-refractivity contribution in [1.29, 1.82) is 0 Å². The van der Waals surface area contributed by atoms with Crippen LogP contribution in [0.3, 0.4) is 0 Å². The van der Waals surface area contributed by atoms with Crippen molar-refractivity contribution >= 4 is 50.5 Å². The zero-order valence-electron chi connectivity index (χ0n) is 17.0. The number of fused-ring (bicyclic) bond motifs is 1. The van der Waals surface area contributed by atoms with E-state index < -0.39 is 0 Å². The van der Waals surface area contributed by atoms with Gasteiger partial charge in [0.15, 0.2) is 5.58 Å². The van der Waals surface area contributed by atoms with Crippen molar-refractivity contribution in [2.45, 2.75) is 27.7 Å². The van der Waals surface area contributed by atoms with Crippen molar-refractivity contribution in [1.82, 2.24) is 4.98 Å². The molecule has 30 heavy (non-hydrogen) atoms. The first-order chi connectivity index (χ1) is 14.3. The number of halogens is 2. The minimum Gasteiger partial charge on any atom is -0.506 e. The van der Waals surface area contributed by atoms with Crippen LogP contribution in [0.2, 0.25) is 5.02 Å². The number of aromatic nitrogens is 1. The molecule has 0 atom stereocenters. The predicted octanol–water partition coefficient (Wildman–Crippen LogP) is 7.60. The highest BCUT2D eigenvalue weighted by molar-refractivity contribution is 9.10. The SMILES string of the molecule is Cc1cc2nc(-c3ccc(N=Cc4c(C)c(Cl)c(C)c(Br)c4O)cc3)oc2cc1C. The number of oxazole rings is 1. The van der Waals surface area contributed by atoms with Crippen LogP contribution < -0.4 is 0 Å². The van der Waals surface area contributed by atoms with Gasteiger partial charge in [0, 0.05) is 22.4 Å². The highest BCUT2D eigenvalue weighted by atomic mass is 79.9. The summed E-state index contributed by atoms with van der Waals surface area (Å²) in [5.74, 6) is 0.708. The summed E-state index contributed by atoms with van der Waals surface area (Å²) in [6.45, 7) is 7.84. The lowest BCUT2D eigenvalue weighted by atomic mass is 10.0. The van der Waals surface area contributed by atoms with E-state index >= 15 is 0 Å². The summed E-state index contributed by atoms with van der Waals surface area (Å²) >= 11 is 9.75. The largest absolute Gasteiger partial charge is 0.506 e. The fraction of sp³-hybridized carbons (Fsp3) is 0.167. The smallest absolute Gasteiger partial charge is 0.227 e. The van der Waals surface area contributed by atoms with Crippen molar-refractivity contribution in [2.75, 3.05) is 0 Å². The van der Waals surface area contributed by atoms with E-state index in [-0.39, 0.29) is 5.75 Å². The Hall–Kier alpha value is -2.63. The fourth-order valence-corrected chi connectivity index (χ4v) is 3.98. The number of benzene rings is 3. The van der Waals surface area contributed by atoms with Crippen LogP contribution >= 0.6 is 27.5 Å². The zero-order valence-corrected chi connectivity index (χ0v) is 19.4. The number of nitrogens with zero attached hydrogens (tertiary/aromatic N) is 2. The van der Waals surface area contributed by atoms with Crippen LogP contribution in [0.5, 0.6) is 5.75 Å². The number of hydrogen-bond acceptors (Lipinski definition) is 4. The molecular formula is C24H20BrClN2O2. The lowest BCUT2D eigenvalue weighted by Crippen LogP contribution is -1.94. The van der Waals surface area contributed by atoms with Gasteiger partial charge in [0.05, 0.1) is 10.2 Å². The Morgan fingerprint density at radius 1 is 1.03 bits per heavy atom. The molecule has 3 aromatic carbocycles. The summed E-state index contributed by atoms with van der Waals surface area (Å²) in [6.07, 6.45) is 1.63. The summed E-state index contributed by atoms with van der Waals surface area (Å²) < 4.78 is 6.51. The monoisotopic (exact) mass is 482 g/mol. The Balaban J connectivity index is 1.64. The molecule has 4 rings (SSSR count). The first-order valence-corrected chi connectivity index (χ1v) is 10.6. The molecule has 1 heterocycles. The van der Waals surface area contributed by atoms with E-state index in [0.717, 1.165) is 33.5 Å². The average molecular weight is 484 g/mol. The van der Waals surface area contributed by atoms with Gasteiger partial charge in [-0.1, -0.05) is 11.6 Å². The first-order valence-electron chi connectivity index (χ1n) is 9.45. The molecule has 0 saturated heterocycles. The average Bonchev–Trinajstić information content (AvgIpc) is 3.14. The molecule has 4 aromatic rings. The van der Waals surface area contributed by atoms with Gasteiger partial charge in [-0.3, -0.25) is 4.99 Å². The Labute approximate surface area is 188 Å². The molecule has 1 aromatic heterocycles. The highest BCUT2D eigenvalue weighted by Gasteiger charge is 2.15. The number of rotatable bonds is 3. The van der Waals surface area contributed by atoms with Gasteiger partial charge >= 0.3 is 0 Å². The van der Waals surface area contributed by atoms with Crippen LogP contribution in [0.1, 0.15) is 27.8 Å². The highest BCUT2D eigenvalue weighted by Crippen LogP contribution is 2.38. The molecule has 0 aliphatic heterocycles. The van der Waals surface area contributed by atoms with Crippen LogP contribution in [-0.2, 0) is 0 Å². The van der Waals surface area contributed by atoms with Gasteiger partial charge < -0.3 is 9.52 Å². The van der Waals surface area contributed by atoms with E-state index in [1.807, 2.05) is 50.2 Å². The lowest BCUT2D eigenvalue weighted by molar-refractivity contribution is 0.470. The second-order valence-corrected chi connectivity index (χ2v) is 8.54. The summed E-state index contributed by atoms with van der Waals surface area (Å²) in [4.78, 5) is 9.10. The quantitative estimate of drug-likeness (QED) is 0.305. The third-order valence-corrected chi connectivity index (χ3v) is 6.85. The number of phenolic OH excluding ortho intramolecular Hbond substituents is 1. The molecule has 0 fully saturated rings. The maximum Gasteiger partial charge on any atom is 0.227 e. The Bertz CT molecular complexity index is 1240. The maximum atomic E-state index is 10.4. The minimum absolute atomic E-state index is 0.131. The van der Waals surface area contributed by atoms with Gasteiger partial charge in [-0.15, -0.1) is 0 Å². The van der Waals surface area contributed by atoms with Gasteiger partial charge in [0.25, 0.3) is 0 Å². The van der Waals surface area contributed by atoms with Gasteiger partial charge in [-0.05, 0) is 102 Å². The van der Waals surface area contributed by atoms with Crippen LogP contribution in [0.4, 0.5) is 5.69 Å². The topological polar surface area (TPSA) is 58.6 Å². The van der Waals surface area contributed by atoms with Gasteiger partial charge in [-0.25, -0.2) is 4.98 Å². The van der Waals surface area contributed by atoms with Crippen molar-refractivity contribution in [2.24, 2.45) is 4.99 Å². The second-order valence-electron chi connectivity index (χ2n) is 7.37. The van der Waals surface area contributed by atoms with Crippen LogP contribution in [0, 0.1) is 27.7 Å². The van der Waals surface area contributed by atoms with E-state index in [1.165, 1.54) is 11.1 Å². The number of aromatic hydroxyl groups is 1. The number of aliphatic imine (C=N–C) groups is 1. The Kier molecular flexibility index (Phi) is 5.43. The molecule has 0 unspecified atom stereocenters. The van der Waals surface area contributed by atoms with Crippen molar-refractivity contribution in [3.8, 4) is 17.2 Å². The molecule has 6 heteroatoms. The predicted molar refractivity (Wildman–Crippen MR) is 126 cm³/mol. The van der Waals surface area contributed by atoms with E-state index in [4.69, 9.17) is 16.0 Å². The summed E-state index contributed by atoms with van der Waals surface area (Å²) in [5.41, 5.74) is 7.79. The van der Waals surface area contributed by atoms with Gasteiger partial charge in [0.1, 0.15) is 11.3 Å². The summed E-state index contributed by atoms with van der Waals surface area (Å²) in [6, 6.07) is 11.7. The number of phenols is 1. The van der Waals surface area contributed by atoms with Gasteiger partial charge in [-0.2, -0.15) is 0 Å². The van der Waals surface area contributed by atoms with E-state index in [0.29, 0.717) is 20.9 Å². The summed E-state index contributed by atoms with van der Waals surface area (Å²) in [7, 11) is 0. The molecule has 152 valence electrons. The number of hydrogen-bond donors (Lipinski definition) is 1. The van der Waals surface area contributed by atoms with Crippen LogP contribution in [0.25, 0.3) is 22.6 Å². The minimum atomic E-state index is 0.131. The Morgan fingerprint density at radius 3 is 2.40 bits per heavy atom. The van der Waals surface area contributed by atoms with E-state index in [9.17, 15) is 5.11 Å². The van der Waals surface area contributed by atoms with Crippen molar-refractivity contribution < 1.29 is 9.52 Å². The molecular weight excluding hydrogens is 464 g/mol. The molecule has 1 N–H and O–H groups in total. The molecule has 0 radical (unpaired) electrons. The maximum absolute atomic E-state index is 10.4. The van der Waals surface area contributed by atoms with Crippen LogP contribution in [0.15, 0.2) is 50.3 Å². The molecule has 0 aliphatic rings. The zero-order chi connectivity index (χ0) is 21.6. The molecule has 0 aliphatic carbocycles. The van der Waals surface area contributed by atoms with Crippen LogP contribution in [-0.4, -0.2) is 16.3 Å². The standard InChI is InChI=1S/C24H20BrClN2O2/c1-12-9-19-20(10-13(12)2)30-24(28-19)16-5-7-17(8-6-16)27-11-18-14(3)22(26)15(4)21(25)23(18)29/h5-11,29H,1-4H3. The van der Waals surface area contributed by atoms with E-state index in [1.54, 1.807) is 6.21 Å². The fourth-order valence-electron chi connectivity index (χ4n) is 3.26.